The lowest BCUT2D eigenvalue weighted by Crippen LogP contribution is -2.17. The highest BCUT2D eigenvalue weighted by Crippen LogP contribution is 2.54. The van der Waals surface area contributed by atoms with Gasteiger partial charge in [0.2, 0.25) is 0 Å². The standard InChI is InChI=1S/C12H15N/c1-9-7-10-11(13-8-9)3-2-4-12(10)5-6-12/h7-8H,2-6H2,1H3. The third-order valence-electron chi connectivity index (χ3n) is 3.60. The first kappa shape index (κ1) is 7.54. The van der Waals surface area contributed by atoms with Crippen LogP contribution >= 0.6 is 0 Å². The molecule has 1 heterocycles. The molecule has 0 radical (unpaired) electrons. The molecule has 2 aliphatic rings. The molecular weight excluding hydrogens is 158 g/mol. The summed E-state index contributed by atoms with van der Waals surface area (Å²) in [5, 5.41) is 0. The summed E-state index contributed by atoms with van der Waals surface area (Å²) in [5.41, 5.74) is 4.88. The van der Waals surface area contributed by atoms with Gasteiger partial charge in [0.15, 0.2) is 0 Å². The summed E-state index contributed by atoms with van der Waals surface area (Å²) < 4.78 is 0. The number of aromatic nitrogens is 1. The summed E-state index contributed by atoms with van der Waals surface area (Å²) in [5.74, 6) is 0. The zero-order valence-corrected chi connectivity index (χ0v) is 8.14. The van der Waals surface area contributed by atoms with Crippen LogP contribution in [-0.4, -0.2) is 4.98 Å². The lowest BCUT2D eigenvalue weighted by molar-refractivity contribution is 0.532. The van der Waals surface area contributed by atoms with E-state index >= 15 is 0 Å². The van der Waals surface area contributed by atoms with Gasteiger partial charge in [-0.15, -0.1) is 0 Å². The minimum atomic E-state index is 0.590. The second-order valence-corrected chi connectivity index (χ2v) is 4.64. The van der Waals surface area contributed by atoms with Crippen LogP contribution in [0.4, 0.5) is 0 Å². The SMILES string of the molecule is Cc1cnc2c(c1)C1(CCC2)CC1. The van der Waals surface area contributed by atoms with Gasteiger partial charge in [-0.3, -0.25) is 4.98 Å². The van der Waals surface area contributed by atoms with Gasteiger partial charge in [0, 0.05) is 11.9 Å². The predicted molar refractivity (Wildman–Crippen MR) is 52.8 cm³/mol. The van der Waals surface area contributed by atoms with Gasteiger partial charge >= 0.3 is 0 Å². The van der Waals surface area contributed by atoms with E-state index in [9.17, 15) is 0 Å². The lowest BCUT2D eigenvalue weighted by atomic mass is 9.82. The Morgan fingerprint density at radius 3 is 2.92 bits per heavy atom. The van der Waals surface area contributed by atoms with Crippen molar-refractivity contribution in [2.75, 3.05) is 0 Å². The van der Waals surface area contributed by atoms with Crippen molar-refractivity contribution in [1.29, 1.82) is 0 Å². The summed E-state index contributed by atoms with van der Waals surface area (Å²) >= 11 is 0. The van der Waals surface area contributed by atoms with E-state index in [4.69, 9.17) is 0 Å². The maximum Gasteiger partial charge on any atom is 0.0441 e. The van der Waals surface area contributed by atoms with E-state index in [0.29, 0.717) is 5.41 Å². The third kappa shape index (κ3) is 1.03. The Hall–Kier alpha value is -0.850. The molecule has 3 rings (SSSR count). The Morgan fingerprint density at radius 2 is 2.15 bits per heavy atom. The van der Waals surface area contributed by atoms with Crippen LogP contribution < -0.4 is 0 Å². The molecule has 0 N–H and O–H groups in total. The maximum atomic E-state index is 4.55. The average molecular weight is 173 g/mol. The number of hydrogen-bond donors (Lipinski definition) is 0. The number of rotatable bonds is 0. The fourth-order valence-electron chi connectivity index (χ4n) is 2.66. The van der Waals surface area contributed by atoms with Crippen molar-refractivity contribution < 1.29 is 0 Å². The Labute approximate surface area is 79.2 Å². The first-order valence-corrected chi connectivity index (χ1v) is 5.26. The first-order chi connectivity index (χ1) is 6.30. The van der Waals surface area contributed by atoms with Gasteiger partial charge in [-0.05, 0) is 55.6 Å². The quantitative estimate of drug-likeness (QED) is 0.588. The van der Waals surface area contributed by atoms with Crippen molar-refractivity contribution in [1.82, 2.24) is 4.98 Å². The van der Waals surface area contributed by atoms with Crippen molar-refractivity contribution >= 4 is 0 Å². The van der Waals surface area contributed by atoms with Gasteiger partial charge in [0.1, 0.15) is 0 Å². The van der Waals surface area contributed by atoms with Gasteiger partial charge in [-0.2, -0.15) is 0 Å². The van der Waals surface area contributed by atoms with E-state index in [2.05, 4.69) is 18.0 Å². The van der Waals surface area contributed by atoms with E-state index < -0.39 is 0 Å². The van der Waals surface area contributed by atoms with Crippen LogP contribution in [0, 0.1) is 6.92 Å². The molecule has 2 aliphatic carbocycles. The van der Waals surface area contributed by atoms with E-state index in [1.807, 2.05) is 6.20 Å². The smallest absolute Gasteiger partial charge is 0.0441 e. The highest BCUT2D eigenvalue weighted by atomic mass is 14.7. The van der Waals surface area contributed by atoms with E-state index in [0.717, 1.165) is 0 Å². The predicted octanol–water partition coefficient (Wildman–Crippen LogP) is 2.76. The fraction of sp³-hybridized carbons (Fsp3) is 0.583. The maximum absolute atomic E-state index is 4.55. The Bertz CT molecular complexity index is 350. The summed E-state index contributed by atoms with van der Waals surface area (Å²) in [6, 6.07) is 2.37. The third-order valence-corrected chi connectivity index (χ3v) is 3.60. The molecule has 1 aromatic heterocycles. The second kappa shape index (κ2) is 2.34. The highest BCUT2D eigenvalue weighted by Gasteiger charge is 2.46. The minimum absolute atomic E-state index is 0.590. The van der Waals surface area contributed by atoms with Crippen LogP contribution in [-0.2, 0) is 11.8 Å². The molecule has 0 aromatic carbocycles. The molecule has 0 unspecified atom stereocenters. The monoisotopic (exact) mass is 173 g/mol. The summed E-state index contributed by atoms with van der Waals surface area (Å²) in [4.78, 5) is 4.55. The van der Waals surface area contributed by atoms with Gasteiger partial charge in [0.25, 0.3) is 0 Å². The van der Waals surface area contributed by atoms with E-state index in [1.165, 1.54) is 43.4 Å². The summed E-state index contributed by atoms with van der Waals surface area (Å²) in [7, 11) is 0. The number of aryl methyl sites for hydroxylation is 2. The van der Waals surface area contributed by atoms with Gasteiger partial charge in [-0.1, -0.05) is 6.07 Å². The summed E-state index contributed by atoms with van der Waals surface area (Å²) in [6.07, 6.45) is 8.79. The Morgan fingerprint density at radius 1 is 1.31 bits per heavy atom. The zero-order chi connectivity index (χ0) is 8.89. The molecule has 0 atom stereocenters. The van der Waals surface area contributed by atoms with Crippen LogP contribution in [0.2, 0.25) is 0 Å². The minimum Gasteiger partial charge on any atom is -0.261 e. The van der Waals surface area contributed by atoms with Crippen LogP contribution in [0.3, 0.4) is 0 Å². The highest BCUT2D eigenvalue weighted by molar-refractivity contribution is 5.38. The first-order valence-electron chi connectivity index (χ1n) is 5.26. The summed E-state index contributed by atoms with van der Waals surface area (Å²) in [6.45, 7) is 2.15. The van der Waals surface area contributed by atoms with Crippen molar-refractivity contribution in [3.05, 3.63) is 29.1 Å². The molecule has 1 saturated carbocycles. The van der Waals surface area contributed by atoms with Crippen molar-refractivity contribution in [3.8, 4) is 0 Å². The molecule has 0 saturated heterocycles. The molecule has 13 heavy (non-hydrogen) atoms. The van der Waals surface area contributed by atoms with Crippen molar-refractivity contribution in [3.63, 3.8) is 0 Å². The Kier molecular flexibility index (Phi) is 1.36. The van der Waals surface area contributed by atoms with Crippen LogP contribution in [0.5, 0.6) is 0 Å². The number of nitrogens with zero attached hydrogens (tertiary/aromatic N) is 1. The second-order valence-electron chi connectivity index (χ2n) is 4.64. The molecule has 1 aromatic rings. The van der Waals surface area contributed by atoms with Crippen molar-refractivity contribution in [2.45, 2.75) is 44.4 Å². The largest absolute Gasteiger partial charge is 0.261 e. The molecule has 0 aliphatic heterocycles. The fourth-order valence-corrected chi connectivity index (χ4v) is 2.66. The lowest BCUT2D eigenvalue weighted by Gasteiger charge is -2.24. The van der Waals surface area contributed by atoms with E-state index in [-0.39, 0.29) is 0 Å². The molecular formula is C12H15N. The number of pyridine rings is 1. The average Bonchev–Trinajstić information content (AvgIpc) is 2.88. The van der Waals surface area contributed by atoms with Gasteiger partial charge in [0.05, 0.1) is 0 Å². The molecule has 0 bridgehead atoms. The molecule has 1 spiro atoms. The Balaban J connectivity index is 2.16. The molecule has 0 amide bonds. The molecule has 68 valence electrons. The number of hydrogen-bond acceptors (Lipinski definition) is 1. The topological polar surface area (TPSA) is 12.9 Å². The van der Waals surface area contributed by atoms with Crippen molar-refractivity contribution in [2.24, 2.45) is 0 Å². The van der Waals surface area contributed by atoms with Gasteiger partial charge < -0.3 is 0 Å². The molecule has 1 heteroatoms. The molecule has 1 fully saturated rings. The normalized spacial score (nSPS) is 22.8. The zero-order valence-electron chi connectivity index (χ0n) is 8.14. The molecule has 1 nitrogen and oxygen atoms in total. The van der Waals surface area contributed by atoms with E-state index in [1.54, 1.807) is 5.56 Å². The van der Waals surface area contributed by atoms with Crippen LogP contribution in [0.1, 0.15) is 42.5 Å². The van der Waals surface area contributed by atoms with Crippen LogP contribution in [0.15, 0.2) is 12.3 Å². The number of fused-ring (bicyclic) bond motifs is 2. The van der Waals surface area contributed by atoms with Gasteiger partial charge in [-0.25, -0.2) is 0 Å². The van der Waals surface area contributed by atoms with Crippen LogP contribution in [0.25, 0.3) is 0 Å².